The number of sulfone groups is 1. The smallest absolute Gasteiger partial charge is 0.269 e. The monoisotopic (exact) mass is 287 g/mol. The highest BCUT2D eigenvalue weighted by Crippen LogP contribution is 2.00. The highest BCUT2D eigenvalue weighted by atomic mass is 32.2. The highest BCUT2D eigenvalue weighted by molar-refractivity contribution is 7.90. The quantitative estimate of drug-likeness (QED) is 0.707. The zero-order valence-electron chi connectivity index (χ0n) is 9.71. The van der Waals surface area contributed by atoms with Crippen molar-refractivity contribution in [2.75, 3.05) is 18.6 Å². The van der Waals surface area contributed by atoms with Crippen LogP contribution in [-0.4, -0.2) is 42.9 Å². The van der Waals surface area contributed by atoms with Crippen molar-refractivity contribution in [2.45, 2.75) is 0 Å². The van der Waals surface area contributed by atoms with Crippen LogP contribution >= 0.6 is 12.2 Å². The number of hydrogen-bond donors (Lipinski definition) is 2. The molecule has 0 fully saturated rings. The topological polar surface area (TPSA) is 102 Å². The minimum atomic E-state index is -3.09. The molecule has 8 heteroatoms. The number of carbonyl (C=O) groups excluding carboxylic acids is 1. The van der Waals surface area contributed by atoms with E-state index in [4.69, 9.17) is 18.0 Å². The number of amides is 1. The standard InChI is InChI=1S/C10H13N3O3S2/c1-18(15,16)5-4-12-10(14)8-3-2-7(6-13-8)9(11)17/h2-3,6H,4-5H2,1H3,(H2,11,17)(H,12,14). The number of pyridine rings is 1. The number of aromatic nitrogens is 1. The summed E-state index contributed by atoms with van der Waals surface area (Å²) in [6, 6.07) is 3.06. The Hall–Kier alpha value is -1.54. The Labute approximate surface area is 111 Å². The van der Waals surface area contributed by atoms with Crippen LogP contribution in [0.2, 0.25) is 0 Å². The fraction of sp³-hybridized carbons (Fsp3) is 0.300. The van der Waals surface area contributed by atoms with Crippen LogP contribution in [0.25, 0.3) is 0 Å². The average Bonchev–Trinajstić information content (AvgIpc) is 2.27. The zero-order valence-corrected chi connectivity index (χ0v) is 11.3. The Kier molecular flexibility index (Phi) is 4.74. The Morgan fingerprint density at radius 3 is 2.61 bits per heavy atom. The van der Waals surface area contributed by atoms with Gasteiger partial charge in [-0.25, -0.2) is 8.42 Å². The molecule has 1 aromatic rings. The van der Waals surface area contributed by atoms with Crippen LogP contribution in [0.15, 0.2) is 18.3 Å². The molecule has 98 valence electrons. The Balaban J connectivity index is 2.59. The summed E-state index contributed by atoms with van der Waals surface area (Å²) in [6.45, 7) is 0.0520. The van der Waals surface area contributed by atoms with Gasteiger partial charge < -0.3 is 11.1 Å². The van der Waals surface area contributed by atoms with Gasteiger partial charge in [-0.3, -0.25) is 9.78 Å². The first-order valence-corrected chi connectivity index (χ1v) is 7.48. The third-order valence-electron chi connectivity index (χ3n) is 2.04. The van der Waals surface area contributed by atoms with Crippen LogP contribution in [0.5, 0.6) is 0 Å². The summed E-state index contributed by atoms with van der Waals surface area (Å²) in [5, 5.41) is 2.46. The summed E-state index contributed by atoms with van der Waals surface area (Å²) in [4.78, 5) is 15.7. The van der Waals surface area contributed by atoms with Gasteiger partial charge in [0, 0.05) is 24.6 Å². The molecule has 0 aromatic carbocycles. The maximum absolute atomic E-state index is 11.6. The van der Waals surface area contributed by atoms with Gasteiger partial charge >= 0.3 is 0 Å². The van der Waals surface area contributed by atoms with Gasteiger partial charge in [-0.1, -0.05) is 12.2 Å². The SMILES string of the molecule is CS(=O)(=O)CCNC(=O)c1ccc(C(N)=S)cn1. The fourth-order valence-electron chi connectivity index (χ4n) is 1.11. The molecule has 1 amide bonds. The number of thiocarbonyl (C=S) groups is 1. The maximum Gasteiger partial charge on any atom is 0.269 e. The van der Waals surface area contributed by atoms with E-state index in [0.717, 1.165) is 6.26 Å². The molecule has 0 saturated carbocycles. The molecule has 6 nitrogen and oxygen atoms in total. The van der Waals surface area contributed by atoms with Gasteiger partial charge in [-0.05, 0) is 12.1 Å². The second-order valence-corrected chi connectivity index (χ2v) is 6.38. The van der Waals surface area contributed by atoms with Crippen molar-refractivity contribution >= 4 is 33.0 Å². The van der Waals surface area contributed by atoms with Gasteiger partial charge in [0.25, 0.3) is 5.91 Å². The van der Waals surface area contributed by atoms with E-state index in [2.05, 4.69) is 10.3 Å². The van der Waals surface area contributed by atoms with Crippen LogP contribution < -0.4 is 11.1 Å². The summed E-state index contributed by atoms with van der Waals surface area (Å²) in [5.74, 6) is -0.544. The molecule has 0 unspecified atom stereocenters. The first-order chi connectivity index (χ1) is 8.29. The van der Waals surface area contributed by atoms with Gasteiger partial charge in [0.1, 0.15) is 20.5 Å². The summed E-state index contributed by atoms with van der Waals surface area (Å²) in [6.07, 6.45) is 2.50. The fourth-order valence-corrected chi connectivity index (χ4v) is 1.71. The van der Waals surface area contributed by atoms with Crippen LogP contribution in [0.1, 0.15) is 16.1 Å². The van der Waals surface area contributed by atoms with Crippen molar-refractivity contribution < 1.29 is 13.2 Å². The molecule has 0 radical (unpaired) electrons. The molecule has 1 rings (SSSR count). The number of carbonyl (C=O) groups is 1. The van der Waals surface area contributed by atoms with Crippen molar-refractivity contribution in [1.82, 2.24) is 10.3 Å². The molecular formula is C10H13N3O3S2. The van der Waals surface area contributed by atoms with Crippen molar-refractivity contribution in [3.8, 4) is 0 Å². The highest BCUT2D eigenvalue weighted by Gasteiger charge is 2.08. The molecular weight excluding hydrogens is 274 g/mol. The number of rotatable bonds is 5. The van der Waals surface area contributed by atoms with E-state index < -0.39 is 15.7 Å². The lowest BCUT2D eigenvalue weighted by atomic mass is 10.2. The lowest BCUT2D eigenvalue weighted by Gasteiger charge is -2.04. The third-order valence-corrected chi connectivity index (χ3v) is 3.22. The Bertz CT molecular complexity index is 552. The molecule has 0 aliphatic carbocycles. The normalized spacial score (nSPS) is 10.9. The molecule has 18 heavy (non-hydrogen) atoms. The summed E-state index contributed by atoms with van der Waals surface area (Å²) in [5.41, 5.74) is 6.14. The van der Waals surface area contributed by atoms with E-state index in [1.807, 2.05) is 0 Å². The maximum atomic E-state index is 11.6. The predicted molar refractivity (Wildman–Crippen MR) is 72.2 cm³/mol. The predicted octanol–water partition coefficient (Wildman–Crippen LogP) is -0.510. The number of nitrogens with one attached hydrogen (secondary N) is 1. The first kappa shape index (κ1) is 14.5. The third kappa shape index (κ3) is 4.76. The molecule has 3 N–H and O–H groups in total. The molecule has 0 spiro atoms. The minimum absolute atomic E-state index is 0.0520. The molecule has 0 atom stereocenters. The van der Waals surface area contributed by atoms with Crippen molar-refractivity contribution in [3.05, 3.63) is 29.6 Å². The number of nitrogens with zero attached hydrogens (tertiary/aromatic N) is 1. The van der Waals surface area contributed by atoms with Crippen LogP contribution in [0.3, 0.4) is 0 Å². The van der Waals surface area contributed by atoms with Crippen molar-refractivity contribution in [3.63, 3.8) is 0 Å². The number of nitrogens with two attached hydrogens (primary N) is 1. The van der Waals surface area contributed by atoms with E-state index >= 15 is 0 Å². The summed E-state index contributed by atoms with van der Waals surface area (Å²) < 4.78 is 21.7. The van der Waals surface area contributed by atoms with Crippen LogP contribution in [-0.2, 0) is 9.84 Å². The van der Waals surface area contributed by atoms with Gasteiger partial charge in [0.05, 0.1) is 5.75 Å². The van der Waals surface area contributed by atoms with E-state index in [1.54, 1.807) is 6.07 Å². The molecule has 1 aromatic heterocycles. The lowest BCUT2D eigenvalue weighted by Crippen LogP contribution is -2.29. The first-order valence-electron chi connectivity index (χ1n) is 5.01. The average molecular weight is 287 g/mol. The van der Waals surface area contributed by atoms with E-state index in [0.29, 0.717) is 5.56 Å². The van der Waals surface area contributed by atoms with E-state index in [-0.39, 0.29) is 23.0 Å². The molecule has 0 aliphatic rings. The number of hydrogen-bond acceptors (Lipinski definition) is 5. The van der Waals surface area contributed by atoms with E-state index in [9.17, 15) is 13.2 Å². The van der Waals surface area contributed by atoms with Crippen LogP contribution in [0, 0.1) is 0 Å². The molecule has 1 heterocycles. The van der Waals surface area contributed by atoms with Crippen molar-refractivity contribution in [1.29, 1.82) is 0 Å². The van der Waals surface area contributed by atoms with Gasteiger partial charge in [-0.15, -0.1) is 0 Å². The van der Waals surface area contributed by atoms with Gasteiger partial charge in [-0.2, -0.15) is 0 Å². The molecule has 0 saturated heterocycles. The molecule has 0 aliphatic heterocycles. The lowest BCUT2D eigenvalue weighted by molar-refractivity contribution is 0.0951. The minimum Gasteiger partial charge on any atom is -0.389 e. The summed E-state index contributed by atoms with van der Waals surface area (Å²) >= 11 is 4.75. The van der Waals surface area contributed by atoms with Gasteiger partial charge in [0.2, 0.25) is 0 Å². The Morgan fingerprint density at radius 2 is 2.17 bits per heavy atom. The largest absolute Gasteiger partial charge is 0.389 e. The Morgan fingerprint density at radius 1 is 1.50 bits per heavy atom. The zero-order chi connectivity index (χ0) is 13.8. The molecule has 0 bridgehead atoms. The second-order valence-electron chi connectivity index (χ2n) is 3.68. The second kappa shape index (κ2) is 5.87. The van der Waals surface area contributed by atoms with Crippen molar-refractivity contribution in [2.24, 2.45) is 5.73 Å². The van der Waals surface area contributed by atoms with Gasteiger partial charge in [0.15, 0.2) is 0 Å². The summed E-state index contributed by atoms with van der Waals surface area (Å²) in [7, 11) is -3.09. The van der Waals surface area contributed by atoms with E-state index in [1.165, 1.54) is 12.3 Å². The van der Waals surface area contributed by atoms with Crippen LogP contribution in [0.4, 0.5) is 0 Å².